The molecule has 6 heteroatoms. The summed E-state index contributed by atoms with van der Waals surface area (Å²) in [7, 11) is 0. The Morgan fingerprint density at radius 2 is 2.22 bits per heavy atom. The molecule has 1 unspecified atom stereocenters. The SMILES string of the molecule is CCN(CC)C(=O)C(C)Nc1nccc(C#N)n1. The third-order valence-electron chi connectivity index (χ3n) is 2.56. The molecule has 1 aromatic heterocycles. The molecular weight excluding hydrogens is 230 g/mol. The molecule has 18 heavy (non-hydrogen) atoms. The third kappa shape index (κ3) is 3.42. The second kappa shape index (κ2) is 6.55. The highest BCUT2D eigenvalue weighted by Gasteiger charge is 2.18. The van der Waals surface area contributed by atoms with Crippen molar-refractivity contribution in [3.05, 3.63) is 18.0 Å². The van der Waals surface area contributed by atoms with E-state index in [1.807, 2.05) is 19.9 Å². The van der Waals surface area contributed by atoms with Crippen LogP contribution in [0.3, 0.4) is 0 Å². The van der Waals surface area contributed by atoms with E-state index in [1.54, 1.807) is 11.8 Å². The zero-order valence-corrected chi connectivity index (χ0v) is 10.8. The van der Waals surface area contributed by atoms with Crippen LogP contribution in [0.1, 0.15) is 26.5 Å². The summed E-state index contributed by atoms with van der Waals surface area (Å²) >= 11 is 0. The maximum absolute atomic E-state index is 12.0. The van der Waals surface area contributed by atoms with Crippen molar-refractivity contribution < 1.29 is 4.79 Å². The first-order chi connectivity index (χ1) is 8.62. The van der Waals surface area contributed by atoms with Gasteiger partial charge in [-0.2, -0.15) is 5.26 Å². The largest absolute Gasteiger partial charge is 0.343 e. The van der Waals surface area contributed by atoms with Crippen LogP contribution in [0, 0.1) is 11.3 Å². The minimum atomic E-state index is -0.418. The van der Waals surface area contributed by atoms with E-state index in [2.05, 4.69) is 15.3 Å². The molecule has 0 aromatic carbocycles. The van der Waals surface area contributed by atoms with Crippen LogP contribution in [0.15, 0.2) is 12.3 Å². The monoisotopic (exact) mass is 247 g/mol. The second-order valence-electron chi connectivity index (χ2n) is 3.75. The number of carbonyl (C=O) groups excluding carboxylic acids is 1. The van der Waals surface area contributed by atoms with Crippen molar-refractivity contribution >= 4 is 11.9 Å². The van der Waals surface area contributed by atoms with Gasteiger partial charge >= 0.3 is 0 Å². The lowest BCUT2D eigenvalue weighted by atomic mass is 10.3. The Labute approximate surface area is 107 Å². The molecule has 6 nitrogen and oxygen atoms in total. The van der Waals surface area contributed by atoms with Gasteiger partial charge in [-0.1, -0.05) is 0 Å². The Kier molecular flexibility index (Phi) is 5.06. The Bertz CT molecular complexity index is 450. The quantitative estimate of drug-likeness (QED) is 0.840. The van der Waals surface area contributed by atoms with Crippen molar-refractivity contribution in [3.8, 4) is 6.07 Å². The smallest absolute Gasteiger partial charge is 0.244 e. The number of rotatable bonds is 5. The Hall–Kier alpha value is -2.16. The van der Waals surface area contributed by atoms with Crippen LogP contribution in [0.4, 0.5) is 5.95 Å². The topological polar surface area (TPSA) is 81.9 Å². The molecular formula is C12H17N5O. The van der Waals surface area contributed by atoms with E-state index in [9.17, 15) is 4.79 Å². The lowest BCUT2D eigenvalue weighted by Gasteiger charge is -2.23. The number of nitriles is 1. The summed E-state index contributed by atoms with van der Waals surface area (Å²) in [6.45, 7) is 6.95. The number of aromatic nitrogens is 2. The standard InChI is InChI=1S/C12H17N5O/c1-4-17(5-2)11(18)9(3)15-12-14-7-6-10(8-13)16-12/h6-7,9H,4-5H2,1-3H3,(H,14,15,16). The van der Waals surface area contributed by atoms with E-state index in [4.69, 9.17) is 5.26 Å². The van der Waals surface area contributed by atoms with Gasteiger partial charge in [0.05, 0.1) is 0 Å². The van der Waals surface area contributed by atoms with Crippen molar-refractivity contribution in [2.24, 2.45) is 0 Å². The van der Waals surface area contributed by atoms with Crippen molar-refractivity contribution in [2.45, 2.75) is 26.8 Å². The van der Waals surface area contributed by atoms with Gasteiger partial charge in [-0.15, -0.1) is 0 Å². The summed E-state index contributed by atoms with van der Waals surface area (Å²) in [5, 5.41) is 11.6. The van der Waals surface area contributed by atoms with E-state index >= 15 is 0 Å². The first kappa shape index (κ1) is 13.9. The van der Waals surface area contributed by atoms with Gasteiger partial charge in [0.1, 0.15) is 17.8 Å². The molecule has 1 atom stereocenters. The minimum Gasteiger partial charge on any atom is -0.343 e. The molecule has 96 valence electrons. The van der Waals surface area contributed by atoms with Gasteiger partial charge in [-0.3, -0.25) is 4.79 Å². The zero-order chi connectivity index (χ0) is 13.5. The molecule has 0 aliphatic carbocycles. The number of amides is 1. The molecule has 0 bridgehead atoms. The fraction of sp³-hybridized carbons (Fsp3) is 0.500. The van der Waals surface area contributed by atoms with Crippen molar-refractivity contribution in [3.63, 3.8) is 0 Å². The van der Waals surface area contributed by atoms with Crippen LogP contribution in [0.2, 0.25) is 0 Å². The van der Waals surface area contributed by atoms with Crippen LogP contribution < -0.4 is 5.32 Å². The molecule has 0 aliphatic rings. The molecule has 1 N–H and O–H groups in total. The lowest BCUT2D eigenvalue weighted by Crippen LogP contribution is -2.41. The minimum absolute atomic E-state index is 0.00837. The number of hydrogen-bond donors (Lipinski definition) is 1. The lowest BCUT2D eigenvalue weighted by molar-refractivity contribution is -0.131. The normalized spacial score (nSPS) is 11.4. The van der Waals surface area contributed by atoms with Crippen LogP contribution in [-0.2, 0) is 4.79 Å². The molecule has 1 rings (SSSR count). The van der Waals surface area contributed by atoms with Crippen molar-refractivity contribution in [1.29, 1.82) is 5.26 Å². The molecule has 0 spiro atoms. The van der Waals surface area contributed by atoms with Gasteiger partial charge in [-0.25, -0.2) is 9.97 Å². The van der Waals surface area contributed by atoms with E-state index in [0.717, 1.165) is 0 Å². The summed E-state index contributed by atoms with van der Waals surface area (Å²) in [6, 6.07) is 3.03. The molecule has 0 radical (unpaired) electrons. The molecule has 0 fully saturated rings. The number of nitrogens with one attached hydrogen (secondary N) is 1. The molecule has 0 saturated heterocycles. The molecule has 1 heterocycles. The summed E-state index contributed by atoms with van der Waals surface area (Å²) in [6.07, 6.45) is 1.49. The van der Waals surface area contributed by atoms with Crippen LogP contribution in [-0.4, -0.2) is 39.9 Å². The van der Waals surface area contributed by atoms with E-state index < -0.39 is 6.04 Å². The fourth-order valence-corrected chi connectivity index (χ4v) is 1.56. The number of carbonyl (C=O) groups is 1. The summed E-state index contributed by atoms with van der Waals surface area (Å²) in [4.78, 5) is 21.7. The van der Waals surface area contributed by atoms with Gasteiger partial charge in [0, 0.05) is 19.3 Å². The third-order valence-corrected chi connectivity index (χ3v) is 2.56. The first-order valence-corrected chi connectivity index (χ1v) is 5.90. The van der Waals surface area contributed by atoms with Gasteiger partial charge in [0.2, 0.25) is 11.9 Å². The predicted octanol–water partition coefficient (Wildman–Crippen LogP) is 1.02. The number of nitrogens with zero attached hydrogens (tertiary/aromatic N) is 4. The van der Waals surface area contributed by atoms with E-state index in [1.165, 1.54) is 12.3 Å². The van der Waals surface area contributed by atoms with Gasteiger partial charge in [0.15, 0.2) is 0 Å². The Morgan fingerprint density at radius 3 is 2.78 bits per heavy atom. The average molecular weight is 247 g/mol. The molecule has 0 aliphatic heterocycles. The summed E-state index contributed by atoms with van der Waals surface area (Å²) in [5.74, 6) is 0.285. The number of hydrogen-bond acceptors (Lipinski definition) is 5. The summed E-state index contributed by atoms with van der Waals surface area (Å²) < 4.78 is 0. The molecule has 1 aromatic rings. The maximum Gasteiger partial charge on any atom is 0.244 e. The highest BCUT2D eigenvalue weighted by molar-refractivity contribution is 5.83. The Morgan fingerprint density at radius 1 is 1.56 bits per heavy atom. The number of likely N-dealkylation sites (N-methyl/N-ethyl adjacent to an activating group) is 1. The number of anilines is 1. The van der Waals surface area contributed by atoms with Crippen LogP contribution >= 0.6 is 0 Å². The van der Waals surface area contributed by atoms with Gasteiger partial charge < -0.3 is 10.2 Å². The molecule has 1 amide bonds. The fourth-order valence-electron chi connectivity index (χ4n) is 1.56. The van der Waals surface area contributed by atoms with Crippen LogP contribution in [0.5, 0.6) is 0 Å². The van der Waals surface area contributed by atoms with Crippen molar-refractivity contribution in [1.82, 2.24) is 14.9 Å². The van der Waals surface area contributed by atoms with Crippen molar-refractivity contribution in [2.75, 3.05) is 18.4 Å². The highest BCUT2D eigenvalue weighted by atomic mass is 16.2. The van der Waals surface area contributed by atoms with E-state index in [0.29, 0.717) is 19.0 Å². The van der Waals surface area contributed by atoms with Gasteiger partial charge in [-0.05, 0) is 26.8 Å². The molecule has 0 saturated carbocycles. The first-order valence-electron chi connectivity index (χ1n) is 5.90. The zero-order valence-electron chi connectivity index (χ0n) is 10.8. The highest BCUT2D eigenvalue weighted by Crippen LogP contribution is 2.04. The second-order valence-corrected chi connectivity index (χ2v) is 3.75. The average Bonchev–Trinajstić information content (AvgIpc) is 2.40. The summed E-state index contributed by atoms with van der Waals surface area (Å²) in [5.41, 5.74) is 0.273. The predicted molar refractivity (Wildman–Crippen MR) is 67.8 cm³/mol. The Balaban J connectivity index is 2.72. The van der Waals surface area contributed by atoms with Gasteiger partial charge in [0.25, 0.3) is 0 Å². The maximum atomic E-state index is 12.0. The van der Waals surface area contributed by atoms with Crippen LogP contribution in [0.25, 0.3) is 0 Å². The van der Waals surface area contributed by atoms with E-state index in [-0.39, 0.29) is 11.6 Å².